The van der Waals surface area contributed by atoms with E-state index in [2.05, 4.69) is 35.3 Å². The molecular weight excluding hydrogens is 464 g/mol. The van der Waals surface area contributed by atoms with Gasteiger partial charge in [0, 0.05) is 62.2 Å². The van der Waals surface area contributed by atoms with E-state index < -0.39 is 5.92 Å². The van der Waals surface area contributed by atoms with Crippen molar-refractivity contribution < 1.29 is 8.78 Å². The molecule has 2 fully saturated rings. The van der Waals surface area contributed by atoms with Gasteiger partial charge in [-0.05, 0) is 42.2 Å². The lowest BCUT2D eigenvalue weighted by molar-refractivity contribution is 0.00172. The monoisotopic (exact) mass is 489 g/mol. The van der Waals surface area contributed by atoms with Gasteiger partial charge in [0.25, 0.3) is 0 Å². The van der Waals surface area contributed by atoms with E-state index in [-0.39, 0.29) is 30.6 Å². The number of nitrogens with zero attached hydrogens (tertiary/aromatic N) is 7. The summed E-state index contributed by atoms with van der Waals surface area (Å²) < 4.78 is 29.0. The van der Waals surface area contributed by atoms with E-state index in [4.69, 9.17) is 5.73 Å². The maximum Gasteiger partial charge on any atom is 0.248 e. The van der Waals surface area contributed by atoms with E-state index in [1.807, 2.05) is 43.4 Å². The third-order valence-electron chi connectivity index (χ3n) is 6.90. The molecule has 1 saturated carbocycles. The summed E-state index contributed by atoms with van der Waals surface area (Å²) in [5, 5.41) is 7.80. The van der Waals surface area contributed by atoms with Crippen LogP contribution in [0.15, 0.2) is 54.9 Å². The number of anilines is 4. The first-order chi connectivity index (χ1) is 17.3. The predicted molar refractivity (Wildman–Crippen MR) is 133 cm³/mol. The van der Waals surface area contributed by atoms with Crippen LogP contribution in [0.1, 0.15) is 12.8 Å². The van der Waals surface area contributed by atoms with Crippen LogP contribution in [0.25, 0.3) is 22.6 Å². The molecule has 0 spiro atoms. The van der Waals surface area contributed by atoms with E-state index in [9.17, 15) is 8.78 Å². The van der Waals surface area contributed by atoms with Gasteiger partial charge in [0.05, 0.1) is 5.69 Å². The second kappa shape index (κ2) is 8.51. The van der Waals surface area contributed by atoms with Gasteiger partial charge in [-0.3, -0.25) is 0 Å². The fourth-order valence-electron chi connectivity index (χ4n) is 5.15. The van der Waals surface area contributed by atoms with Crippen LogP contribution in [0.3, 0.4) is 0 Å². The van der Waals surface area contributed by atoms with Crippen molar-refractivity contribution in [2.45, 2.75) is 18.8 Å². The number of benzene rings is 1. The first-order valence-corrected chi connectivity index (χ1v) is 11.8. The number of hydrogen-bond donors (Lipinski definition) is 2. The van der Waals surface area contributed by atoms with Gasteiger partial charge < -0.3 is 16.0 Å². The zero-order chi connectivity index (χ0) is 24.9. The Kier molecular flexibility index (Phi) is 5.27. The average molecular weight is 490 g/mol. The summed E-state index contributed by atoms with van der Waals surface area (Å²) >= 11 is 0. The summed E-state index contributed by atoms with van der Waals surface area (Å²) in [6.45, 7) is 1.26. The maximum absolute atomic E-state index is 13.6. The Bertz CT molecular complexity index is 1370. The van der Waals surface area contributed by atoms with Gasteiger partial charge in [-0.2, -0.15) is 4.98 Å². The highest BCUT2D eigenvalue weighted by atomic mass is 19.3. The smallest absolute Gasteiger partial charge is 0.248 e. The molecule has 184 valence electrons. The number of halogens is 2. The second-order valence-electron chi connectivity index (χ2n) is 9.48. The van der Waals surface area contributed by atoms with E-state index in [1.54, 1.807) is 23.1 Å². The standard InChI is InChI=1S/C25H25F2N9/c1-35-24(31-19-5-2-15(3-6-19)20-8-9-29-23(28)32-20)33-22(34-35)16-4-7-21(30-12-16)36-13-17-10-25(26,27)11-18(17)14-36/h2-9,12,17-18H,10-11,13-14H2,1H3,(H2,28,29,32)(H,31,33,34)/t17-,18-/m0/s1. The maximum atomic E-state index is 13.6. The molecule has 2 aliphatic rings. The molecule has 4 aromatic rings. The molecule has 11 heteroatoms. The van der Waals surface area contributed by atoms with Gasteiger partial charge in [-0.15, -0.1) is 5.10 Å². The molecule has 9 nitrogen and oxygen atoms in total. The van der Waals surface area contributed by atoms with Crippen molar-refractivity contribution in [2.24, 2.45) is 18.9 Å². The summed E-state index contributed by atoms with van der Waals surface area (Å²) in [6.07, 6.45) is 3.33. The number of alkyl halides is 2. The van der Waals surface area contributed by atoms with E-state index in [0.717, 1.165) is 28.3 Å². The Morgan fingerprint density at radius 1 is 0.944 bits per heavy atom. The third-order valence-corrected chi connectivity index (χ3v) is 6.90. The zero-order valence-corrected chi connectivity index (χ0v) is 19.6. The molecule has 4 heterocycles. The Morgan fingerprint density at radius 2 is 1.67 bits per heavy atom. The molecule has 0 unspecified atom stereocenters. The van der Waals surface area contributed by atoms with Crippen molar-refractivity contribution in [3.63, 3.8) is 0 Å². The third kappa shape index (κ3) is 4.32. The Labute approximate surface area is 206 Å². The first kappa shape index (κ1) is 22.3. The number of nitrogens with one attached hydrogen (secondary N) is 1. The van der Waals surface area contributed by atoms with Crippen molar-refractivity contribution in [1.82, 2.24) is 29.7 Å². The van der Waals surface area contributed by atoms with Gasteiger partial charge in [0.1, 0.15) is 5.82 Å². The Morgan fingerprint density at radius 3 is 2.33 bits per heavy atom. The lowest BCUT2D eigenvalue weighted by atomic mass is 10.0. The Hall–Kier alpha value is -4.15. The molecule has 2 atom stereocenters. The molecule has 0 bridgehead atoms. The highest BCUT2D eigenvalue weighted by Crippen LogP contribution is 2.47. The highest BCUT2D eigenvalue weighted by Gasteiger charge is 2.50. The number of aryl methyl sites for hydroxylation is 1. The van der Waals surface area contributed by atoms with Crippen LogP contribution < -0.4 is 16.0 Å². The molecule has 0 amide bonds. The molecule has 1 aliphatic carbocycles. The number of aromatic nitrogens is 6. The average Bonchev–Trinajstić information content (AvgIpc) is 3.50. The predicted octanol–water partition coefficient (Wildman–Crippen LogP) is 4.14. The highest BCUT2D eigenvalue weighted by molar-refractivity contribution is 5.66. The van der Waals surface area contributed by atoms with Crippen LogP contribution >= 0.6 is 0 Å². The summed E-state index contributed by atoms with van der Waals surface area (Å²) in [4.78, 5) is 19.5. The molecule has 36 heavy (non-hydrogen) atoms. The first-order valence-electron chi connectivity index (χ1n) is 11.8. The Balaban J connectivity index is 1.13. The largest absolute Gasteiger partial charge is 0.368 e. The summed E-state index contributed by atoms with van der Waals surface area (Å²) in [5.74, 6) is -0.261. The lowest BCUT2D eigenvalue weighted by Gasteiger charge is -2.20. The van der Waals surface area contributed by atoms with Crippen LogP contribution in [-0.2, 0) is 7.05 Å². The van der Waals surface area contributed by atoms with Gasteiger partial charge in [0.15, 0.2) is 5.82 Å². The van der Waals surface area contributed by atoms with E-state index in [0.29, 0.717) is 24.9 Å². The molecule has 6 rings (SSSR count). The van der Waals surface area contributed by atoms with Crippen LogP contribution in [0.4, 0.5) is 32.2 Å². The van der Waals surface area contributed by atoms with Crippen LogP contribution in [-0.4, -0.2) is 48.7 Å². The number of nitrogen functional groups attached to an aromatic ring is 1. The number of fused-ring (bicyclic) bond motifs is 1. The fraction of sp³-hybridized carbons (Fsp3) is 0.320. The second-order valence-corrected chi connectivity index (χ2v) is 9.48. The van der Waals surface area contributed by atoms with Gasteiger partial charge in [0.2, 0.25) is 17.8 Å². The molecule has 3 N–H and O–H groups in total. The lowest BCUT2D eigenvalue weighted by Crippen LogP contribution is -2.24. The molecule has 1 saturated heterocycles. The number of rotatable bonds is 5. The molecule has 0 radical (unpaired) electrons. The summed E-state index contributed by atoms with van der Waals surface area (Å²) in [7, 11) is 1.82. The fourth-order valence-corrected chi connectivity index (χ4v) is 5.15. The van der Waals surface area contributed by atoms with Crippen LogP contribution in [0, 0.1) is 11.8 Å². The van der Waals surface area contributed by atoms with Gasteiger partial charge in [-0.1, -0.05) is 12.1 Å². The minimum atomic E-state index is -2.51. The summed E-state index contributed by atoms with van der Waals surface area (Å²) in [5.41, 5.74) is 8.99. The molecular formula is C25H25F2N9. The topological polar surface area (TPSA) is 111 Å². The number of nitrogens with two attached hydrogens (primary N) is 1. The van der Waals surface area contributed by atoms with Crippen molar-refractivity contribution in [3.8, 4) is 22.6 Å². The SMILES string of the molecule is Cn1nc(-c2ccc(N3C[C@@H]4CC(F)(F)C[C@H]4C3)nc2)nc1Nc1ccc(-c2ccnc(N)n2)cc1. The normalized spacial score (nSPS) is 20.5. The molecule has 1 aliphatic heterocycles. The van der Waals surface area contributed by atoms with Crippen molar-refractivity contribution >= 4 is 23.4 Å². The number of hydrogen-bond acceptors (Lipinski definition) is 8. The molecule has 3 aromatic heterocycles. The van der Waals surface area contributed by atoms with Crippen molar-refractivity contribution in [1.29, 1.82) is 0 Å². The number of pyridine rings is 1. The minimum Gasteiger partial charge on any atom is -0.368 e. The van der Waals surface area contributed by atoms with Gasteiger partial charge >= 0.3 is 0 Å². The van der Waals surface area contributed by atoms with Crippen molar-refractivity contribution in [2.75, 3.05) is 29.0 Å². The van der Waals surface area contributed by atoms with E-state index >= 15 is 0 Å². The molecule has 1 aromatic carbocycles. The van der Waals surface area contributed by atoms with Crippen LogP contribution in [0.5, 0.6) is 0 Å². The van der Waals surface area contributed by atoms with Crippen molar-refractivity contribution in [3.05, 3.63) is 54.9 Å². The minimum absolute atomic E-state index is 0.0160. The quantitative estimate of drug-likeness (QED) is 0.430. The van der Waals surface area contributed by atoms with Crippen LogP contribution in [0.2, 0.25) is 0 Å². The zero-order valence-electron chi connectivity index (χ0n) is 19.6. The van der Waals surface area contributed by atoms with E-state index in [1.165, 1.54) is 0 Å². The summed E-state index contributed by atoms with van der Waals surface area (Å²) in [6, 6.07) is 13.4. The van der Waals surface area contributed by atoms with Gasteiger partial charge in [-0.25, -0.2) is 28.4 Å².